The van der Waals surface area contributed by atoms with E-state index in [9.17, 15) is 19.8 Å². The van der Waals surface area contributed by atoms with Gasteiger partial charge in [0.1, 0.15) is 17.5 Å². The second-order valence-electron chi connectivity index (χ2n) is 10.1. The maximum Gasteiger partial charge on any atom is 0.407 e. The van der Waals surface area contributed by atoms with Crippen LogP contribution in [0.5, 0.6) is 5.75 Å². The minimum Gasteiger partial charge on any atom is -0.512 e. The van der Waals surface area contributed by atoms with Gasteiger partial charge in [0.25, 0.3) is 0 Å². The van der Waals surface area contributed by atoms with E-state index in [0.717, 1.165) is 16.7 Å². The summed E-state index contributed by atoms with van der Waals surface area (Å²) in [7, 11) is 1.32. The average Bonchev–Trinajstić information content (AvgIpc) is 2.85. The summed E-state index contributed by atoms with van der Waals surface area (Å²) in [6.45, 7) is 10.9. The summed E-state index contributed by atoms with van der Waals surface area (Å²) in [6.07, 6.45) is 0.970. The highest BCUT2D eigenvalue weighted by Gasteiger charge is 2.17. The number of alkyl carbamates (subject to hydrolysis) is 1. The quantitative estimate of drug-likeness (QED) is 0.209. The Labute approximate surface area is 224 Å². The Kier molecular flexibility index (Phi) is 11.0. The van der Waals surface area contributed by atoms with E-state index in [-0.39, 0.29) is 25.3 Å². The third kappa shape index (κ3) is 9.59. The maximum absolute atomic E-state index is 12.0. The van der Waals surface area contributed by atoms with Crippen molar-refractivity contribution in [1.82, 2.24) is 5.32 Å². The van der Waals surface area contributed by atoms with Crippen molar-refractivity contribution in [3.05, 3.63) is 82.1 Å². The van der Waals surface area contributed by atoms with Gasteiger partial charge in [-0.1, -0.05) is 24.3 Å². The van der Waals surface area contributed by atoms with E-state index in [1.54, 1.807) is 45.9 Å². The number of esters is 1. The fraction of sp³-hybridized carbons (Fsp3) is 0.400. The molecule has 206 valence electrons. The Morgan fingerprint density at radius 3 is 2.39 bits per heavy atom. The minimum atomic E-state index is -0.585. The molecule has 2 aromatic rings. The molecule has 0 bridgehead atoms. The molecule has 0 saturated carbocycles. The normalized spacial score (nSPS) is 13.3. The van der Waals surface area contributed by atoms with Gasteiger partial charge in [-0.3, -0.25) is 4.79 Å². The number of nitrogens with one attached hydrogen (secondary N) is 1. The number of carbonyl (C=O) groups is 2. The van der Waals surface area contributed by atoms with Crippen molar-refractivity contribution in [2.75, 3.05) is 7.11 Å². The molecular formula is C30H39NO7. The molecule has 8 heteroatoms. The lowest BCUT2D eigenvalue weighted by atomic mass is 9.98. The highest BCUT2D eigenvalue weighted by molar-refractivity contribution is 5.76. The predicted octanol–water partition coefficient (Wildman–Crippen LogP) is 5.62. The number of methoxy groups -OCH3 is 1. The fourth-order valence-electron chi connectivity index (χ4n) is 3.57. The molecule has 0 radical (unpaired) electrons. The third-order valence-corrected chi connectivity index (χ3v) is 5.65. The first-order chi connectivity index (χ1) is 17.8. The molecule has 0 saturated heterocycles. The number of allylic oxidation sites excluding steroid dienone is 3. The Hall–Kier alpha value is -3.78. The van der Waals surface area contributed by atoms with Crippen LogP contribution in [0.4, 0.5) is 4.79 Å². The van der Waals surface area contributed by atoms with Gasteiger partial charge in [-0.25, -0.2) is 4.79 Å². The number of amides is 1. The summed E-state index contributed by atoms with van der Waals surface area (Å²) >= 11 is 0. The molecule has 0 aliphatic carbocycles. The number of rotatable bonds is 10. The Morgan fingerprint density at radius 1 is 1.08 bits per heavy atom. The molecule has 0 aliphatic heterocycles. The first kappa shape index (κ1) is 30.4. The lowest BCUT2D eigenvalue weighted by Crippen LogP contribution is -2.32. The average molecular weight is 526 g/mol. The summed E-state index contributed by atoms with van der Waals surface area (Å²) in [6, 6.07) is 12.7. The smallest absolute Gasteiger partial charge is 0.407 e. The first-order valence-corrected chi connectivity index (χ1v) is 12.4. The largest absolute Gasteiger partial charge is 0.512 e. The molecule has 0 heterocycles. The predicted molar refractivity (Wildman–Crippen MR) is 147 cm³/mol. The third-order valence-electron chi connectivity index (χ3n) is 5.65. The van der Waals surface area contributed by atoms with Crippen molar-refractivity contribution in [2.24, 2.45) is 0 Å². The molecule has 0 fully saturated rings. The molecule has 1 unspecified atom stereocenters. The number of aliphatic hydroxyl groups is 2. The van der Waals surface area contributed by atoms with Crippen molar-refractivity contribution >= 4 is 17.6 Å². The van der Waals surface area contributed by atoms with Crippen molar-refractivity contribution in [3.8, 4) is 5.75 Å². The van der Waals surface area contributed by atoms with E-state index in [2.05, 4.69) is 5.32 Å². The summed E-state index contributed by atoms with van der Waals surface area (Å²) in [5.74, 6) is 0.230. The summed E-state index contributed by atoms with van der Waals surface area (Å²) < 4.78 is 16.3. The molecule has 2 rings (SSSR count). The van der Waals surface area contributed by atoms with E-state index in [1.807, 2.05) is 44.2 Å². The maximum atomic E-state index is 12.0. The molecular weight excluding hydrogens is 486 g/mol. The SMILES string of the molecule is COC(=O)Cc1cc(CO)ccc1OC(C)/C(C)=C/C(=C(\C)O)c1cccc(CNC(=O)OC(C)(C)C)c1. The molecule has 38 heavy (non-hydrogen) atoms. The van der Waals surface area contributed by atoms with Gasteiger partial charge in [0.15, 0.2) is 0 Å². The molecule has 2 aromatic carbocycles. The monoisotopic (exact) mass is 525 g/mol. The van der Waals surface area contributed by atoms with Gasteiger partial charge < -0.3 is 29.7 Å². The van der Waals surface area contributed by atoms with Crippen LogP contribution in [0.1, 0.15) is 63.8 Å². The van der Waals surface area contributed by atoms with Gasteiger partial charge in [0, 0.05) is 17.7 Å². The van der Waals surface area contributed by atoms with Crippen LogP contribution in [0.2, 0.25) is 0 Å². The van der Waals surface area contributed by atoms with Gasteiger partial charge in [-0.15, -0.1) is 0 Å². The zero-order chi connectivity index (χ0) is 28.5. The van der Waals surface area contributed by atoms with Gasteiger partial charge >= 0.3 is 12.1 Å². The number of benzene rings is 2. The highest BCUT2D eigenvalue weighted by atomic mass is 16.6. The first-order valence-electron chi connectivity index (χ1n) is 12.4. The standard InChI is InChI=1S/C30H39NO7/c1-19(21(3)37-27-12-11-23(18-32)15-25(27)16-28(34)36-7)13-26(20(2)33)24-10-8-9-22(14-24)17-31-29(35)38-30(4,5)6/h8-15,21,32-33H,16-18H2,1-7H3,(H,31,35)/b19-13+,26-20-. The van der Waals surface area contributed by atoms with Crippen LogP contribution >= 0.6 is 0 Å². The van der Waals surface area contributed by atoms with Gasteiger partial charge in [0.2, 0.25) is 0 Å². The van der Waals surface area contributed by atoms with Gasteiger partial charge in [-0.2, -0.15) is 0 Å². The molecule has 8 nitrogen and oxygen atoms in total. The van der Waals surface area contributed by atoms with E-state index < -0.39 is 23.8 Å². The second kappa shape index (κ2) is 13.7. The van der Waals surface area contributed by atoms with Crippen LogP contribution < -0.4 is 10.1 Å². The second-order valence-corrected chi connectivity index (χ2v) is 10.1. The van der Waals surface area contributed by atoms with Crippen molar-refractivity contribution in [3.63, 3.8) is 0 Å². The fourth-order valence-corrected chi connectivity index (χ4v) is 3.57. The van der Waals surface area contributed by atoms with Crippen molar-refractivity contribution in [2.45, 2.75) is 72.8 Å². The Bertz CT molecular complexity index is 1190. The van der Waals surface area contributed by atoms with Crippen LogP contribution in [0.15, 0.2) is 59.9 Å². The number of hydrogen-bond acceptors (Lipinski definition) is 7. The van der Waals surface area contributed by atoms with Crippen LogP contribution in [-0.2, 0) is 33.8 Å². The van der Waals surface area contributed by atoms with Crippen molar-refractivity contribution in [1.29, 1.82) is 0 Å². The van der Waals surface area contributed by atoms with Crippen LogP contribution in [0.3, 0.4) is 0 Å². The molecule has 0 spiro atoms. The van der Waals surface area contributed by atoms with E-state index >= 15 is 0 Å². The molecule has 0 aromatic heterocycles. The topological polar surface area (TPSA) is 114 Å². The lowest BCUT2D eigenvalue weighted by Gasteiger charge is -2.20. The molecule has 0 aliphatic rings. The molecule has 3 N–H and O–H groups in total. The Balaban J connectivity index is 2.23. The van der Waals surface area contributed by atoms with E-state index in [1.165, 1.54) is 7.11 Å². The van der Waals surface area contributed by atoms with Crippen LogP contribution in [-0.4, -0.2) is 41.1 Å². The van der Waals surface area contributed by atoms with Crippen LogP contribution in [0.25, 0.3) is 5.57 Å². The minimum absolute atomic E-state index is 0.0141. The number of aliphatic hydroxyl groups excluding tert-OH is 2. The lowest BCUT2D eigenvalue weighted by molar-refractivity contribution is -0.139. The summed E-state index contributed by atoms with van der Waals surface area (Å²) in [5.41, 5.74) is 3.76. The number of carbonyl (C=O) groups excluding carboxylic acids is 2. The number of ether oxygens (including phenoxy) is 3. The zero-order valence-electron chi connectivity index (χ0n) is 23.3. The van der Waals surface area contributed by atoms with Crippen molar-refractivity contribution < 1.29 is 34.0 Å². The van der Waals surface area contributed by atoms with E-state index in [4.69, 9.17) is 14.2 Å². The van der Waals surface area contributed by atoms with Gasteiger partial charge in [-0.05, 0) is 88.1 Å². The highest BCUT2D eigenvalue weighted by Crippen LogP contribution is 2.27. The van der Waals surface area contributed by atoms with Crippen LogP contribution in [0, 0.1) is 0 Å². The molecule has 1 atom stereocenters. The summed E-state index contributed by atoms with van der Waals surface area (Å²) in [5, 5.41) is 22.7. The number of hydrogen-bond donors (Lipinski definition) is 3. The van der Waals surface area contributed by atoms with Gasteiger partial charge in [0.05, 0.1) is 25.9 Å². The Morgan fingerprint density at radius 2 is 1.79 bits per heavy atom. The van der Waals surface area contributed by atoms with E-state index in [0.29, 0.717) is 22.4 Å². The zero-order valence-corrected chi connectivity index (χ0v) is 23.3. The molecule has 1 amide bonds. The summed E-state index contributed by atoms with van der Waals surface area (Å²) in [4.78, 5) is 23.9.